The highest BCUT2D eigenvalue weighted by Gasteiger charge is 2.25. The standard InChI is InChI=1S/C9H19NO/c1-3-9(7-11)10-6-4-5-8(10)2/h8-9,11H,3-7H2,1-2H3/t8?,9-/m1/s1. The molecule has 1 unspecified atom stereocenters. The van der Waals surface area contributed by atoms with E-state index in [1.807, 2.05) is 0 Å². The van der Waals surface area contributed by atoms with Gasteiger partial charge in [-0.05, 0) is 32.7 Å². The van der Waals surface area contributed by atoms with Crippen LogP contribution in [-0.2, 0) is 0 Å². The molecule has 1 aliphatic heterocycles. The number of rotatable bonds is 3. The molecule has 1 N–H and O–H groups in total. The maximum absolute atomic E-state index is 9.06. The molecule has 11 heavy (non-hydrogen) atoms. The van der Waals surface area contributed by atoms with Gasteiger partial charge in [-0.3, -0.25) is 4.90 Å². The lowest BCUT2D eigenvalue weighted by molar-refractivity contribution is 0.115. The second-order valence-electron chi connectivity index (χ2n) is 3.47. The van der Waals surface area contributed by atoms with Crippen LogP contribution in [0.4, 0.5) is 0 Å². The van der Waals surface area contributed by atoms with Crippen LogP contribution in [0.2, 0.25) is 0 Å². The molecule has 0 spiro atoms. The Balaban J connectivity index is 2.43. The quantitative estimate of drug-likeness (QED) is 0.666. The molecule has 2 nitrogen and oxygen atoms in total. The molecule has 0 radical (unpaired) electrons. The maximum atomic E-state index is 9.06. The molecule has 0 aromatic rings. The van der Waals surface area contributed by atoms with Crippen molar-refractivity contribution >= 4 is 0 Å². The Morgan fingerprint density at radius 1 is 1.64 bits per heavy atom. The monoisotopic (exact) mass is 157 g/mol. The summed E-state index contributed by atoms with van der Waals surface area (Å²) in [6.45, 7) is 5.90. The zero-order valence-electron chi connectivity index (χ0n) is 7.58. The fourth-order valence-electron chi connectivity index (χ4n) is 1.97. The molecular weight excluding hydrogens is 138 g/mol. The summed E-state index contributed by atoms with van der Waals surface area (Å²) in [5.41, 5.74) is 0. The van der Waals surface area contributed by atoms with Crippen molar-refractivity contribution in [3.8, 4) is 0 Å². The largest absolute Gasteiger partial charge is 0.395 e. The van der Waals surface area contributed by atoms with E-state index < -0.39 is 0 Å². The minimum Gasteiger partial charge on any atom is -0.395 e. The zero-order chi connectivity index (χ0) is 8.27. The van der Waals surface area contributed by atoms with Gasteiger partial charge in [0, 0.05) is 12.1 Å². The predicted octanol–water partition coefficient (Wildman–Crippen LogP) is 1.24. The van der Waals surface area contributed by atoms with Gasteiger partial charge in [0.25, 0.3) is 0 Å². The molecule has 0 aliphatic carbocycles. The summed E-state index contributed by atoms with van der Waals surface area (Å²) in [6.07, 6.45) is 3.68. The Bertz CT molecular complexity index is 112. The number of nitrogens with zero attached hydrogens (tertiary/aromatic N) is 1. The van der Waals surface area contributed by atoms with E-state index in [0.29, 0.717) is 18.7 Å². The first-order chi connectivity index (χ1) is 5.29. The van der Waals surface area contributed by atoms with Gasteiger partial charge in [-0.2, -0.15) is 0 Å². The van der Waals surface area contributed by atoms with Crippen molar-refractivity contribution in [3.63, 3.8) is 0 Å². The van der Waals surface area contributed by atoms with Gasteiger partial charge in [0.1, 0.15) is 0 Å². The minimum atomic E-state index is 0.320. The van der Waals surface area contributed by atoms with Crippen LogP contribution in [0, 0.1) is 0 Å². The van der Waals surface area contributed by atoms with Crippen molar-refractivity contribution < 1.29 is 5.11 Å². The van der Waals surface area contributed by atoms with Crippen molar-refractivity contribution in [3.05, 3.63) is 0 Å². The minimum absolute atomic E-state index is 0.320. The Labute approximate surface area is 69.2 Å². The van der Waals surface area contributed by atoms with Gasteiger partial charge in [-0.15, -0.1) is 0 Å². The van der Waals surface area contributed by atoms with Crippen LogP contribution in [0.1, 0.15) is 33.1 Å². The van der Waals surface area contributed by atoms with Gasteiger partial charge >= 0.3 is 0 Å². The zero-order valence-corrected chi connectivity index (χ0v) is 7.58. The molecule has 1 fully saturated rings. The van der Waals surface area contributed by atoms with Crippen LogP contribution in [0.3, 0.4) is 0 Å². The third-order valence-corrected chi connectivity index (χ3v) is 2.76. The van der Waals surface area contributed by atoms with E-state index in [-0.39, 0.29) is 0 Å². The SMILES string of the molecule is CC[C@H](CO)N1CCCC1C. The van der Waals surface area contributed by atoms with Gasteiger partial charge in [0.2, 0.25) is 0 Å². The lowest BCUT2D eigenvalue weighted by atomic mass is 10.2. The lowest BCUT2D eigenvalue weighted by Crippen LogP contribution is -2.39. The number of hydrogen-bond donors (Lipinski definition) is 1. The van der Waals surface area contributed by atoms with E-state index in [1.165, 1.54) is 19.4 Å². The molecular formula is C9H19NO. The molecule has 0 bridgehead atoms. The highest BCUT2D eigenvalue weighted by molar-refractivity contribution is 4.80. The van der Waals surface area contributed by atoms with E-state index in [9.17, 15) is 0 Å². The van der Waals surface area contributed by atoms with Crippen LogP contribution in [0.15, 0.2) is 0 Å². The average Bonchev–Trinajstić information content (AvgIpc) is 2.40. The summed E-state index contributed by atoms with van der Waals surface area (Å²) in [5.74, 6) is 0. The Hall–Kier alpha value is -0.0800. The topological polar surface area (TPSA) is 23.5 Å². The Kier molecular flexibility index (Phi) is 3.34. The summed E-state index contributed by atoms with van der Waals surface area (Å²) in [5, 5.41) is 9.06. The van der Waals surface area contributed by atoms with Crippen molar-refractivity contribution in [1.29, 1.82) is 0 Å². The summed E-state index contributed by atoms with van der Waals surface area (Å²) in [6, 6.07) is 1.10. The summed E-state index contributed by atoms with van der Waals surface area (Å²) in [4.78, 5) is 2.43. The summed E-state index contributed by atoms with van der Waals surface area (Å²) in [7, 11) is 0. The molecule has 2 atom stereocenters. The van der Waals surface area contributed by atoms with Gasteiger partial charge in [-0.1, -0.05) is 6.92 Å². The fraction of sp³-hybridized carbons (Fsp3) is 1.00. The van der Waals surface area contributed by atoms with Gasteiger partial charge in [0.15, 0.2) is 0 Å². The smallest absolute Gasteiger partial charge is 0.0586 e. The number of likely N-dealkylation sites (tertiary alicyclic amines) is 1. The molecule has 1 heterocycles. The van der Waals surface area contributed by atoms with Gasteiger partial charge in [0.05, 0.1) is 6.61 Å². The Morgan fingerprint density at radius 3 is 2.73 bits per heavy atom. The Morgan fingerprint density at radius 2 is 2.36 bits per heavy atom. The third kappa shape index (κ3) is 1.94. The van der Waals surface area contributed by atoms with Crippen LogP contribution >= 0.6 is 0 Å². The van der Waals surface area contributed by atoms with E-state index in [0.717, 1.165) is 6.42 Å². The third-order valence-electron chi connectivity index (χ3n) is 2.76. The number of hydrogen-bond acceptors (Lipinski definition) is 2. The summed E-state index contributed by atoms with van der Waals surface area (Å²) >= 11 is 0. The van der Waals surface area contributed by atoms with Crippen LogP contribution in [-0.4, -0.2) is 35.2 Å². The van der Waals surface area contributed by atoms with E-state index in [4.69, 9.17) is 5.11 Å². The van der Waals surface area contributed by atoms with E-state index in [2.05, 4.69) is 18.7 Å². The molecule has 0 aromatic heterocycles. The summed E-state index contributed by atoms with van der Waals surface area (Å²) < 4.78 is 0. The normalized spacial score (nSPS) is 29.2. The second-order valence-corrected chi connectivity index (χ2v) is 3.47. The molecule has 1 aliphatic rings. The van der Waals surface area contributed by atoms with Crippen molar-refractivity contribution in [2.75, 3.05) is 13.2 Å². The lowest BCUT2D eigenvalue weighted by Gasteiger charge is -2.28. The number of aliphatic hydroxyl groups is 1. The first kappa shape index (κ1) is 9.01. The first-order valence-corrected chi connectivity index (χ1v) is 4.66. The number of aliphatic hydroxyl groups excluding tert-OH is 1. The molecule has 1 rings (SSSR count). The highest BCUT2D eigenvalue weighted by atomic mass is 16.3. The first-order valence-electron chi connectivity index (χ1n) is 4.66. The fourth-order valence-corrected chi connectivity index (χ4v) is 1.97. The van der Waals surface area contributed by atoms with Crippen molar-refractivity contribution in [2.45, 2.75) is 45.2 Å². The van der Waals surface area contributed by atoms with Gasteiger partial charge in [-0.25, -0.2) is 0 Å². The van der Waals surface area contributed by atoms with Crippen LogP contribution in [0.5, 0.6) is 0 Å². The average molecular weight is 157 g/mol. The highest BCUT2D eigenvalue weighted by Crippen LogP contribution is 2.20. The predicted molar refractivity (Wildman–Crippen MR) is 46.6 cm³/mol. The molecule has 2 heteroatoms. The van der Waals surface area contributed by atoms with Crippen molar-refractivity contribution in [2.24, 2.45) is 0 Å². The van der Waals surface area contributed by atoms with Crippen LogP contribution in [0.25, 0.3) is 0 Å². The van der Waals surface area contributed by atoms with Crippen LogP contribution < -0.4 is 0 Å². The van der Waals surface area contributed by atoms with E-state index >= 15 is 0 Å². The van der Waals surface area contributed by atoms with Gasteiger partial charge < -0.3 is 5.11 Å². The molecule has 0 aromatic carbocycles. The molecule has 0 saturated carbocycles. The molecule has 1 saturated heterocycles. The van der Waals surface area contributed by atoms with E-state index in [1.54, 1.807) is 0 Å². The molecule has 0 amide bonds. The second kappa shape index (κ2) is 4.07. The van der Waals surface area contributed by atoms with Crippen molar-refractivity contribution in [1.82, 2.24) is 4.90 Å². The molecule has 66 valence electrons. The maximum Gasteiger partial charge on any atom is 0.0586 e.